The molecule has 1 unspecified atom stereocenters. The van der Waals surface area contributed by atoms with Gasteiger partial charge in [-0.2, -0.15) is 0 Å². The molecule has 2 heterocycles. The second kappa shape index (κ2) is 7.22. The van der Waals surface area contributed by atoms with Crippen molar-refractivity contribution in [3.63, 3.8) is 0 Å². The van der Waals surface area contributed by atoms with Gasteiger partial charge in [-0.15, -0.1) is 22.9 Å². The zero-order chi connectivity index (χ0) is 15.4. The van der Waals surface area contributed by atoms with Gasteiger partial charge in [0.1, 0.15) is 5.38 Å². The summed E-state index contributed by atoms with van der Waals surface area (Å²) in [6.07, 6.45) is 1.38. The average molecular weight is 330 g/mol. The molecule has 1 aromatic heterocycles. The SMILES string of the molecule is Cc1nc(CNC(=O)C2CCN(C(=O)C(C)Cl)CC2)cs1. The highest BCUT2D eigenvalue weighted by atomic mass is 35.5. The van der Waals surface area contributed by atoms with E-state index in [1.165, 1.54) is 0 Å². The molecular formula is C14H20ClN3O2S. The molecule has 0 spiro atoms. The van der Waals surface area contributed by atoms with Crippen LogP contribution in [0.1, 0.15) is 30.5 Å². The van der Waals surface area contributed by atoms with E-state index in [9.17, 15) is 9.59 Å². The fourth-order valence-corrected chi connectivity index (χ4v) is 3.18. The van der Waals surface area contributed by atoms with E-state index in [4.69, 9.17) is 11.6 Å². The van der Waals surface area contributed by atoms with Gasteiger partial charge in [0.2, 0.25) is 11.8 Å². The zero-order valence-electron chi connectivity index (χ0n) is 12.3. The molecule has 2 rings (SSSR count). The summed E-state index contributed by atoms with van der Waals surface area (Å²) < 4.78 is 0. The maximum Gasteiger partial charge on any atom is 0.240 e. The van der Waals surface area contributed by atoms with Crippen LogP contribution < -0.4 is 5.32 Å². The van der Waals surface area contributed by atoms with E-state index in [1.54, 1.807) is 23.2 Å². The van der Waals surface area contributed by atoms with E-state index < -0.39 is 5.38 Å². The van der Waals surface area contributed by atoms with Gasteiger partial charge in [-0.05, 0) is 26.7 Å². The Labute approximate surface area is 133 Å². The van der Waals surface area contributed by atoms with Gasteiger partial charge in [0, 0.05) is 24.4 Å². The summed E-state index contributed by atoms with van der Waals surface area (Å²) in [7, 11) is 0. The molecule has 2 amide bonds. The number of aryl methyl sites for hydroxylation is 1. The largest absolute Gasteiger partial charge is 0.350 e. The van der Waals surface area contributed by atoms with Gasteiger partial charge in [0.25, 0.3) is 0 Å². The van der Waals surface area contributed by atoms with Crippen molar-refractivity contribution in [3.05, 3.63) is 16.1 Å². The third-order valence-electron chi connectivity index (χ3n) is 3.63. The van der Waals surface area contributed by atoms with E-state index in [2.05, 4.69) is 10.3 Å². The number of halogens is 1. The number of nitrogens with zero attached hydrogens (tertiary/aromatic N) is 2. The molecular weight excluding hydrogens is 310 g/mol. The molecule has 5 nitrogen and oxygen atoms in total. The molecule has 0 radical (unpaired) electrons. The first kappa shape index (κ1) is 16.2. The predicted molar refractivity (Wildman–Crippen MR) is 83.3 cm³/mol. The Balaban J connectivity index is 1.76. The molecule has 1 aliphatic heterocycles. The molecule has 1 aliphatic rings. The minimum atomic E-state index is -0.497. The summed E-state index contributed by atoms with van der Waals surface area (Å²) in [5, 5.41) is 5.39. The molecule has 0 aliphatic carbocycles. The molecule has 1 saturated heterocycles. The standard InChI is InChI=1S/C14H20ClN3O2S/c1-9(15)14(20)18-5-3-11(4-6-18)13(19)16-7-12-8-21-10(2)17-12/h8-9,11H,3-7H2,1-2H3,(H,16,19). The van der Waals surface area contributed by atoms with Gasteiger partial charge in [0.05, 0.1) is 17.2 Å². The van der Waals surface area contributed by atoms with Crippen molar-refractivity contribution in [2.24, 2.45) is 5.92 Å². The summed E-state index contributed by atoms with van der Waals surface area (Å²) in [5.41, 5.74) is 0.898. The van der Waals surface area contributed by atoms with Crippen molar-refractivity contribution in [1.82, 2.24) is 15.2 Å². The molecule has 1 fully saturated rings. The number of piperidine rings is 1. The lowest BCUT2D eigenvalue weighted by atomic mass is 9.95. The Hall–Kier alpha value is -1.14. The number of amides is 2. The number of nitrogens with one attached hydrogen (secondary N) is 1. The fourth-order valence-electron chi connectivity index (χ4n) is 2.43. The normalized spacial score (nSPS) is 17.6. The Morgan fingerprint density at radius 1 is 1.52 bits per heavy atom. The Morgan fingerprint density at radius 3 is 2.71 bits per heavy atom. The monoisotopic (exact) mass is 329 g/mol. The van der Waals surface area contributed by atoms with Crippen LogP contribution in [-0.2, 0) is 16.1 Å². The summed E-state index contributed by atoms with van der Waals surface area (Å²) >= 11 is 7.38. The van der Waals surface area contributed by atoms with Gasteiger partial charge in [0.15, 0.2) is 0 Å². The first-order chi connectivity index (χ1) is 9.97. The summed E-state index contributed by atoms with van der Waals surface area (Å²) in [5.74, 6) is -0.0282. The minimum Gasteiger partial charge on any atom is -0.350 e. The van der Waals surface area contributed by atoms with Crippen LogP contribution in [0.15, 0.2) is 5.38 Å². The average Bonchev–Trinajstić information content (AvgIpc) is 2.89. The highest BCUT2D eigenvalue weighted by Gasteiger charge is 2.28. The lowest BCUT2D eigenvalue weighted by Crippen LogP contribution is -2.44. The second-order valence-electron chi connectivity index (χ2n) is 5.29. The number of rotatable bonds is 4. The Kier molecular flexibility index (Phi) is 5.58. The van der Waals surface area contributed by atoms with Crippen LogP contribution >= 0.6 is 22.9 Å². The van der Waals surface area contributed by atoms with Crippen LogP contribution in [0.4, 0.5) is 0 Å². The van der Waals surface area contributed by atoms with E-state index in [0.717, 1.165) is 10.7 Å². The number of hydrogen-bond acceptors (Lipinski definition) is 4. The molecule has 0 aromatic carbocycles. The third kappa shape index (κ3) is 4.41. The number of likely N-dealkylation sites (tertiary alicyclic amines) is 1. The number of alkyl halides is 1. The lowest BCUT2D eigenvalue weighted by molar-refractivity contribution is -0.135. The molecule has 1 atom stereocenters. The summed E-state index contributed by atoms with van der Waals surface area (Å²) in [6.45, 7) is 5.30. The maximum absolute atomic E-state index is 12.1. The van der Waals surface area contributed by atoms with Gasteiger partial charge in [-0.1, -0.05) is 0 Å². The minimum absolute atomic E-state index is 0.0283. The van der Waals surface area contributed by atoms with Crippen LogP contribution in [0.25, 0.3) is 0 Å². The molecule has 7 heteroatoms. The number of aromatic nitrogens is 1. The van der Waals surface area contributed by atoms with Crippen molar-refractivity contribution in [2.45, 2.75) is 38.6 Å². The van der Waals surface area contributed by atoms with Crippen molar-refractivity contribution >= 4 is 34.8 Å². The van der Waals surface area contributed by atoms with Crippen molar-refractivity contribution in [3.8, 4) is 0 Å². The molecule has 0 saturated carbocycles. The number of carbonyl (C=O) groups excluding carboxylic acids is 2. The molecule has 116 valence electrons. The number of carbonyl (C=O) groups is 2. The first-order valence-electron chi connectivity index (χ1n) is 7.09. The smallest absolute Gasteiger partial charge is 0.240 e. The Morgan fingerprint density at radius 2 is 2.19 bits per heavy atom. The van der Waals surface area contributed by atoms with Crippen LogP contribution in [0, 0.1) is 12.8 Å². The van der Waals surface area contributed by atoms with Crippen LogP contribution in [0.2, 0.25) is 0 Å². The van der Waals surface area contributed by atoms with E-state index in [0.29, 0.717) is 32.5 Å². The molecule has 1 N–H and O–H groups in total. The van der Waals surface area contributed by atoms with E-state index in [1.807, 2.05) is 12.3 Å². The highest BCUT2D eigenvalue weighted by molar-refractivity contribution is 7.09. The van der Waals surface area contributed by atoms with Gasteiger partial charge >= 0.3 is 0 Å². The fraction of sp³-hybridized carbons (Fsp3) is 0.643. The Bertz CT molecular complexity index is 510. The molecule has 1 aromatic rings. The highest BCUT2D eigenvalue weighted by Crippen LogP contribution is 2.19. The maximum atomic E-state index is 12.1. The van der Waals surface area contributed by atoms with Gasteiger partial charge in [-0.3, -0.25) is 9.59 Å². The third-order valence-corrected chi connectivity index (χ3v) is 4.64. The van der Waals surface area contributed by atoms with Crippen molar-refractivity contribution < 1.29 is 9.59 Å². The summed E-state index contributed by atoms with van der Waals surface area (Å²) in [4.78, 5) is 30.0. The number of hydrogen-bond donors (Lipinski definition) is 1. The van der Waals surface area contributed by atoms with Crippen molar-refractivity contribution in [2.75, 3.05) is 13.1 Å². The van der Waals surface area contributed by atoms with Crippen LogP contribution in [0.3, 0.4) is 0 Å². The van der Waals surface area contributed by atoms with E-state index in [-0.39, 0.29) is 17.7 Å². The second-order valence-corrected chi connectivity index (χ2v) is 7.01. The number of thiazole rings is 1. The molecule has 21 heavy (non-hydrogen) atoms. The summed E-state index contributed by atoms with van der Waals surface area (Å²) in [6, 6.07) is 0. The topological polar surface area (TPSA) is 62.3 Å². The van der Waals surface area contributed by atoms with Crippen LogP contribution in [-0.4, -0.2) is 40.2 Å². The first-order valence-corrected chi connectivity index (χ1v) is 8.40. The van der Waals surface area contributed by atoms with E-state index >= 15 is 0 Å². The van der Waals surface area contributed by atoms with Crippen LogP contribution in [0.5, 0.6) is 0 Å². The quantitative estimate of drug-likeness (QED) is 0.859. The molecule has 0 bridgehead atoms. The van der Waals surface area contributed by atoms with Gasteiger partial charge < -0.3 is 10.2 Å². The lowest BCUT2D eigenvalue weighted by Gasteiger charge is -2.32. The predicted octanol–water partition coefficient (Wildman–Crippen LogP) is 1.93. The van der Waals surface area contributed by atoms with Crippen molar-refractivity contribution in [1.29, 1.82) is 0 Å². The zero-order valence-corrected chi connectivity index (χ0v) is 13.8. The van der Waals surface area contributed by atoms with Gasteiger partial charge in [-0.25, -0.2) is 4.98 Å².